The lowest BCUT2D eigenvalue weighted by Gasteiger charge is -2.32. The molecule has 2 heterocycles. The van der Waals surface area contributed by atoms with E-state index in [0.29, 0.717) is 55.9 Å². The van der Waals surface area contributed by atoms with Gasteiger partial charge in [0, 0.05) is 39.0 Å². The number of hydrogen-bond donors (Lipinski definition) is 0. The number of piperidine rings is 1. The summed E-state index contributed by atoms with van der Waals surface area (Å²) in [5, 5.41) is -0.278. The molecule has 0 atom stereocenters. The molecule has 2 aromatic rings. The standard InChI is InChI=1S/C22H26FN3O4S/c1-25(31(28,29)19-7-8-19)17-6-9-21(24-15-17)30-18-10-12-26(13-11-18)22(27)14-16-4-2-3-5-20(16)23/h2-6,9,15,18-19H,7-8,10-14H2,1H3. The molecule has 0 N–H and O–H groups in total. The van der Waals surface area contributed by atoms with Gasteiger partial charge in [0.1, 0.15) is 11.9 Å². The molecule has 2 aliphatic rings. The van der Waals surface area contributed by atoms with E-state index < -0.39 is 10.0 Å². The van der Waals surface area contributed by atoms with Crippen LogP contribution in [0.4, 0.5) is 10.1 Å². The predicted octanol–water partition coefficient (Wildman–Crippen LogP) is 2.76. The van der Waals surface area contributed by atoms with Crippen molar-refractivity contribution in [3.63, 3.8) is 0 Å². The molecule has 2 fully saturated rings. The third-order valence-electron chi connectivity index (χ3n) is 5.79. The van der Waals surface area contributed by atoms with Crippen molar-refractivity contribution >= 4 is 21.6 Å². The first-order valence-corrected chi connectivity index (χ1v) is 12.0. The molecule has 1 amide bonds. The Bertz CT molecular complexity index is 1030. The van der Waals surface area contributed by atoms with E-state index in [4.69, 9.17) is 4.74 Å². The van der Waals surface area contributed by atoms with Crippen molar-refractivity contribution < 1.29 is 22.3 Å². The van der Waals surface area contributed by atoms with Gasteiger partial charge in [-0.15, -0.1) is 0 Å². The molecule has 166 valence electrons. The second-order valence-electron chi connectivity index (χ2n) is 8.03. The summed E-state index contributed by atoms with van der Waals surface area (Å²) in [6.45, 7) is 1.08. The molecule has 1 aliphatic heterocycles. The summed E-state index contributed by atoms with van der Waals surface area (Å²) in [6.07, 6.45) is 4.21. The van der Waals surface area contributed by atoms with Crippen molar-refractivity contribution in [3.05, 3.63) is 54.0 Å². The number of amides is 1. The van der Waals surface area contributed by atoms with Crippen molar-refractivity contribution in [2.45, 2.75) is 43.5 Å². The number of carbonyl (C=O) groups excluding carboxylic acids is 1. The first kappa shape index (κ1) is 21.5. The minimum atomic E-state index is -3.31. The van der Waals surface area contributed by atoms with Gasteiger partial charge >= 0.3 is 0 Å². The van der Waals surface area contributed by atoms with Crippen LogP contribution in [0.1, 0.15) is 31.2 Å². The summed E-state index contributed by atoms with van der Waals surface area (Å²) in [6, 6.07) is 9.69. The highest BCUT2D eigenvalue weighted by atomic mass is 32.2. The SMILES string of the molecule is CN(c1ccc(OC2CCN(C(=O)Cc3ccccc3F)CC2)nc1)S(=O)(=O)C1CC1. The van der Waals surface area contributed by atoms with Gasteiger partial charge in [-0.2, -0.15) is 0 Å². The topological polar surface area (TPSA) is 79.8 Å². The monoisotopic (exact) mass is 447 g/mol. The maximum Gasteiger partial charge on any atom is 0.237 e. The van der Waals surface area contributed by atoms with E-state index in [0.717, 1.165) is 0 Å². The maximum atomic E-state index is 13.8. The third kappa shape index (κ3) is 4.98. The van der Waals surface area contributed by atoms with Crippen LogP contribution in [-0.2, 0) is 21.2 Å². The number of sulfonamides is 1. The lowest BCUT2D eigenvalue weighted by molar-refractivity contribution is -0.132. The van der Waals surface area contributed by atoms with E-state index in [1.165, 1.54) is 16.6 Å². The van der Waals surface area contributed by atoms with Gasteiger partial charge in [-0.3, -0.25) is 9.10 Å². The second kappa shape index (κ2) is 8.82. The van der Waals surface area contributed by atoms with Crippen molar-refractivity contribution in [1.82, 2.24) is 9.88 Å². The van der Waals surface area contributed by atoms with Gasteiger partial charge in [0.15, 0.2) is 0 Å². The highest BCUT2D eigenvalue weighted by Gasteiger charge is 2.39. The van der Waals surface area contributed by atoms with Gasteiger partial charge in [-0.05, 0) is 30.5 Å². The molecule has 9 heteroatoms. The Morgan fingerprint density at radius 3 is 2.48 bits per heavy atom. The lowest BCUT2D eigenvalue weighted by Crippen LogP contribution is -2.42. The summed E-state index contributed by atoms with van der Waals surface area (Å²) in [5.41, 5.74) is 0.914. The number of hydrogen-bond acceptors (Lipinski definition) is 5. The minimum Gasteiger partial charge on any atom is -0.474 e. The summed E-state index contributed by atoms with van der Waals surface area (Å²) in [7, 11) is -1.77. The Hall–Kier alpha value is -2.68. The predicted molar refractivity (Wildman–Crippen MR) is 115 cm³/mol. The van der Waals surface area contributed by atoms with Crippen LogP contribution in [-0.4, -0.2) is 55.7 Å². The molecule has 0 radical (unpaired) electrons. The molecule has 1 saturated carbocycles. The third-order valence-corrected chi connectivity index (χ3v) is 8.08. The molecule has 1 aliphatic carbocycles. The Labute approximate surface area is 181 Å². The van der Waals surface area contributed by atoms with E-state index in [9.17, 15) is 17.6 Å². The summed E-state index contributed by atoms with van der Waals surface area (Å²) in [4.78, 5) is 18.5. The largest absolute Gasteiger partial charge is 0.474 e. The smallest absolute Gasteiger partial charge is 0.237 e. The van der Waals surface area contributed by atoms with Crippen molar-refractivity contribution in [2.75, 3.05) is 24.4 Å². The number of pyridine rings is 1. The number of carbonyl (C=O) groups is 1. The average molecular weight is 448 g/mol. The number of benzene rings is 1. The molecular weight excluding hydrogens is 421 g/mol. The van der Waals surface area contributed by atoms with E-state index in [1.807, 2.05) is 0 Å². The quantitative estimate of drug-likeness (QED) is 0.652. The molecule has 1 aromatic heterocycles. The lowest BCUT2D eigenvalue weighted by atomic mass is 10.1. The van der Waals surface area contributed by atoms with Crippen molar-refractivity contribution in [2.24, 2.45) is 0 Å². The number of anilines is 1. The van der Waals surface area contributed by atoms with Gasteiger partial charge in [0.05, 0.1) is 23.6 Å². The van der Waals surface area contributed by atoms with Gasteiger partial charge in [0.2, 0.25) is 21.8 Å². The van der Waals surface area contributed by atoms with E-state index >= 15 is 0 Å². The molecule has 0 unspecified atom stereocenters. The van der Waals surface area contributed by atoms with E-state index in [-0.39, 0.29) is 29.5 Å². The average Bonchev–Trinajstić information content (AvgIpc) is 3.62. The molecule has 4 rings (SSSR count). The number of halogens is 1. The molecule has 1 aromatic carbocycles. The molecule has 0 bridgehead atoms. The van der Waals surface area contributed by atoms with Gasteiger partial charge in [-0.25, -0.2) is 17.8 Å². The van der Waals surface area contributed by atoms with Crippen LogP contribution in [0.15, 0.2) is 42.6 Å². The fourth-order valence-electron chi connectivity index (χ4n) is 3.68. The minimum absolute atomic E-state index is 0.0541. The van der Waals surface area contributed by atoms with Gasteiger partial charge in [-0.1, -0.05) is 18.2 Å². The first-order valence-electron chi connectivity index (χ1n) is 10.5. The van der Waals surface area contributed by atoms with E-state index in [2.05, 4.69) is 4.98 Å². The zero-order valence-corrected chi connectivity index (χ0v) is 18.2. The van der Waals surface area contributed by atoms with Gasteiger partial charge in [0.25, 0.3) is 0 Å². The molecule has 1 saturated heterocycles. The number of rotatable bonds is 7. The Morgan fingerprint density at radius 2 is 1.87 bits per heavy atom. The molecule has 0 spiro atoms. The highest BCUT2D eigenvalue weighted by molar-refractivity contribution is 7.93. The van der Waals surface area contributed by atoms with Crippen LogP contribution in [0.25, 0.3) is 0 Å². The number of likely N-dealkylation sites (tertiary alicyclic amines) is 1. The zero-order chi connectivity index (χ0) is 22.0. The number of ether oxygens (including phenoxy) is 1. The fraction of sp³-hybridized carbons (Fsp3) is 0.455. The molecule has 31 heavy (non-hydrogen) atoms. The molecule has 7 nitrogen and oxygen atoms in total. The summed E-state index contributed by atoms with van der Waals surface area (Å²) >= 11 is 0. The summed E-state index contributed by atoms with van der Waals surface area (Å²) in [5.74, 6) is -0.0257. The summed E-state index contributed by atoms with van der Waals surface area (Å²) < 4.78 is 45.6. The Balaban J connectivity index is 1.28. The Morgan fingerprint density at radius 1 is 1.16 bits per heavy atom. The number of nitrogens with zero attached hydrogens (tertiary/aromatic N) is 3. The van der Waals surface area contributed by atoms with Crippen LogP contribution in [0, 0.1) is 5.82 Å². The first-order chi connectivity index (χ1) is 14.8. The van der Waals surface area contributed by atoms with Crippen LogP contribution in [0.2, 0.25) is 0 Å². The van der Waals surface area contributed by atoms with Crippen molar-refractivity contribution in [1.29, 1.82) is 0 Å². The number of aromatic nitrogens is 1. The maximum absolute atomic E-state index is 13.8. The highest BCUT2D eigenvalue weighted by Crippen LogP contribution is 2.32. The van der Waals surface area contributed by atoms with Crippen LogP contribution in [0.3, 0.4) is 0 Å². The Kier molecular flexibility index (Phi) is 6.13. The van der Waals surface area contributed by atoms with Gasteiger partial charge < -0.3 is 9.64 Å². The van der Waals surface area contributed by atoms with E-state index in [1.54, 1.807) is 42.3 Å². The normalized spacial score (nSPS) is 17.4. The second-order valence-corrected chi connectivity index (χ2v) is 10.3. The zero-order valence-electron chi connectivity index (χ0n) is 17.4. The van der Waals surface area contributed by atoms with Crippen LogP contribution < -0.4 is 9.04 Å². The molecular formula is C22H26FN3O4S. The van der Waals surface area contributed by atoms with Crippen LogP contribution in [0.5, 0.6) is 5.88 Å². The fourth-order valence-corrected chi connectivity index (χ4v) is 5.26. The van der Waals surface area contributed by atoms with Crippen molar-refractivity contribution in [3.8, 4) is 5.88 Å². The van der Waals surface area contributed by atoms with Crippen LogP contribution >= 0.6 is 0 Å².